The molecule has 1 aromatic heterocycles. The molecule has 0 radical (unpaired) electrons. The topological polar surface area (TPSA) is 66.0 Å². The van der Waals surface area contributed by atoms with Gasteiger partial charge in [-0.1, -0.05) is 29.8 Å². The highest BCUT2D eigenvalue weighted by atomic mass is 79.9. The molecule has 0 saturated carbocycles. The zero-order valence-corrected chi connectivity index (χ0v) is 13.5. The molecule has 1 aromatic carbocycles. The molecular formula is C15H17BrN2O2. The van der Waals surface area contributed by atoms with Crippen LogP contribution >= 0.6 is 15.9 Å². The van der Waals surface area contributed by atoms with Gasteiger partial charge in [0, 0.05) is 10.0 Å². The maximum absolute atomic E-state index is 12.0. The maximum atomic E-state index is 12.0. The van der Waals surface area contributed by atoms with Crippen LogP contribution in [0.5, 0.6) is 5.88 Å². The Bertz CT molecular complexity index is 697. The number of aromatic hydroxyl groups is 1. The van der Waals surface area contributed by atoms with Crippen molar-refractivity contribution in [3.8, 4) is 17.3 Å². The fourth-order valence-electron chi connectivity index (χ4n) is 2.21. The summed E-state index contributed by atoms with van der Waals surface area (Å²) in [6.45, 7) is 7.64. The number of aryl methyl sites for hydroxylation is 2. The molecule has 0 amide bonds. The third-order valence-electron chi connectivity index (χ3n) is 3.22. The van der Waals surface area contributed by atoms with Crippen LogP contribution in [0.25, 0.3) is 11.4 Å². The highest BCUT2D eigenvalue weighted by molar-refractivity contribution is 9.10. The average molecular weight is 337 g/mol. The van der Waals surface area contributed by atoms with Crippen LogP contribution in [-0.2, 0) is 0 Å². The van der Waals surface area contributed by atoms with E-state index >= 15 is 0 Å². The second-order valence-electron chi connectivity index (χ2n) is 5.23. The van der Waals surface area contributed by atoms with Crippen molar-refractivity contribution in [1.82, 2.24) is 9.97 Å². The molecule has 2 aromatic rings. The Labute approximate surface area is 126 Å². The molecule has 5 heteroatoms. The highest BCUT2D eigenvalue weighted by Gasteiger charge is 2.15. The smallest absolute Gasteiger partial charge is 0.258 e. The fraction of sp³-hybridized carbons (Fsp3) is 0.333. The molecule has 4 nitrogen and oxygen atoms in total. The first kappa shape index (κ1) is 14.8. The third-order valence-corrected chi connectivity index (χ3v) is 4.47. The van der Waals surface area contributed by atoms with Gasteiger partial charge in [0.15, 0.2) is 0 Å². The number of hydrogen-bond acceptors (Lipinski definition) is 3. The van der Waals surface area contributed by atoms with Gasteiger partial charge in [-0.05, 0) is 43.0 Å². The normalized spacial score (nSPS) is 11.1. The lowest BCUT2D eigenvalue weighted by Gasteiger charge is -2.10. The minimum Gasteiger partial charge on any atom is -0.493 e. The summed E-state index contributed by atoms with van der Waals surface area (Å²) >= 11 is 3.50. The number of benzene rings is 1. The summed E-state index contributed by atoms with van der Waals surface area (Å²) in [4.78, 5) is 18.9. The van der Waals surface area contributed by atoms with Crippen LogP contribution in [0, 0.1) is 13.8 Å². The van der Waals surface area contributed by atoms with Gasteiger partial charge in [-0.15, -0.1) is 0 Å². The minimum absolute atomic E-state index is 0.0753. The summed E-state index contributed by atoms with van der Waals surface area (Å²) in [5.74, 6) is 0.112. The van der Waals surface area contributed by atoms with Crippen LogP contribution in [0.15, 0.2) is 21.4 Å². The Hall–Kier alpha value is -1.62. The van der Waals surface area contributed by atoms with Crippen LogP contribution in [0.1, 0.15) is 36.5 Å². The van der Waals surface area contributed by atoms with Gasteiger partial charge in [0.05, 0.1) is 5.56 Å². The summed E-state index contributed by atoms with van der Waals surface area (Å²) in [5.41, 5.74) is 2.91. The lowest BCUT2D eigenvalue weighted by atomic mass is 10.0. The first-order chi connectivity index (χ1) is 9.31. The zero-order chi connectivity index (χ0) is 15.0. The highest BCUT2D eigenvalue weighted by Crippen LogP contribution is 2.28. The van der Waals surface area contributed by atoms with Crippen molar-refractivity contribution < 1.29 is 5.11 Å². The number of rotatable bonds is 2. The molecule has 1 heterocycles. The van der Waals surface area contributed by atoms with E-state index in [4.69, 9.17) is 0 Å². The van der Waals surface area contributed by atoms with Gasteiger partial charge in [-0.25, -0.2) is 0 Å². The standard InChI is InChI=1S/C15H17BrN2O2/c1-7(2)11-14(19)17-13(18-15(11)20)10-5-8(3)12(16)9(4)6-10/h5-7H,1-4H3,(H2,17,18,19,20). The fourth-order valence-corrected chi connectivity index (χ4v) is 2.44. The van der Waals surface area contributed by atoms with Crippen LogP contribution in [0.4, 0.5) is 0 Å². The molecule has 0 spiro atoms. The molecular weight excluding hydrogens is 320 g/mol. The van der Waals surface area contributed by atoms with Crippen molar-refractivity contribution in [1.29, 1.82) is 0 Å². The van der Waals surface area contributed by atoms with Crippen molar-refractivity contribution in [3.63, 3.8) is 0 Å². The van der Waals surface area contributed by atoms with Gasteiger partial charge in [0.25, 0.3) is 5.56 Å². The quantitative estimate of drug-likeness (QED) is 0.879. The van der Waals surface area contributed by atoms with E-state index in [2.05, 4.69) is 25.9 Å². The minimum atomic E-state index is -0.291. The van der Waals surface area contributed by atoms with Crippen LogP contribution in [0.2, 0.25) is 0 Å². The van der Waals surface area contributed by atoms with E-state index in [0.29, 0.717) is 11.4 Å². The third kappa shape index (κ3) is 2.63. The van der Waals surface area contributed by atoms with E-state index in [-0.39, 0.29) is 17.4 Å². The molecule has 0 atom stereocenters. The zero-order valence-electron chi connectivity index (χ0n) is 11.9. The Morgan fingerprint density at radius 1 is 1.25 bits per heavy atom. The molecule has 0 aliphatic rings. The van der Waals surface area contributed by atoms with Gasteiger partial charge in [-0.2, -0.15) is 4.98 Å². The number of H-pyrrole nitrogens is 1. The first-order valence-corrected chi connectivity index (χ1v) is 7.21. The second-order valence-corrected chi connectivity index (χ2v) is 6.02. The number of aromatic amines is 1. The van der Waals surface area contributed by atoms with Gasteiger partial charge in [0.2, 0.25) is 5.88 Å². The summed E-state index contributed by atoms with van der Waals surface area (Å²) in [6.07, 6.45) is 0. The number of nitrogens with zero attached hydrogens (tertiary/aromatic N) is 1. The van der Waals surface area contributed by atoms with Crippen LogP contribution < -0.4 is 5.56 Å². The van der Waals surface area contributed by atoms with Gasteiger partial charge < -0.3 is 10.1 Å². The van der Waals surface area contributed by atoms with Crippen molar-refractivity contribution in [2.75, 3.05) is 0 Å². The van der Waals surface area contributed by atoms with E-state index in [0.717, 1.165) is 21.2 Å². The van der Waals surface area contributed by atoms with Crippen molar-refractivity contribution in [2.24, 2.45) is 0 Å². The maximum Gasteiger partial charge on any atom is 0.258 e. The molecule has 0 saturated heterocycles. The molecule has 0 fully saturated rings. The van der Waals surface area contributed by atoms with Crippen molar-refractivity contribution in [3.05, 3.63) is 43.6 Å². The molecule has 106 valence electrons. The Morgan fingerprint density at radius 2 is 1.80 bits per heavy atom. The van der Waals surface area contributed by atoms with E-state index in [1.807, 2.05) is 39.8 Å². The summed E-state index contributed by atoms with van der Waals surface area (Å²) in [7, 11) is 0. The summed E-state index contributed by atoms with van der Waals surface area (Å²) in [6, 6.07) is 3.84. The molecule has 0 aliphatic heterocycles. The van der Waals surface area contributed by atoms with Crippen LogP contribution in [0.3, 0.4) is 0 Å². The number of hydrogen-bond donors (Lipinski definition) is 2. The van der Waals surface area contributed by atoms with E-state index in [1.54, 1.807) is 0 Å². The summed E-state index contributed by atoms with van der Waals surface area (Å²) < 4.78 is 1.03. The molecule has 2 N–H and O–H groups in total. The van der Waals surface area contributed by atoms with E-state index < -0.39 is 0 Å². The average Bonchev–Trinajstić information content (AvgIpc) is 2.33. The van der Waals surface area contributed by atoms with Gasteiger partial charge in [0.1, 0.15) is 5.82 Å². The predicted molar refractivity (Wildman–Crippen MR) is 83.2 cm³/mol. The first-order valence-electron chi connectivity index (χ1n) is 6.41. The number of aromatic nitrogens is 2. The number of nitrogens with one attached hydrogen (secondary N) is 1. The summed E-state index contributed by atoms with van der Waals surface area (Å²) in [5, 5.41) is 9.96. The Morgan fingerprint density at radius 3 is 2.25 bits per heavy atom. The second kappa shape index (κ2) is 5.40. The van der Waals surface area contributed by atoms with E-state index in [1.165, 1.54) is 0 Å². The molecule has 2 rings (SSSR count). The predicted octanol–water partition coefficient (Wildman–Crippen LogP) is 3.65. The lowest BCUT2D eigenvalue weighted by Crippen LogP contribution is -2.16. The molecule has 0 bridgehead atoms. The Balaban J connectivity index is 2.63. The lowest BCUT2D eigenvalue weighted by molar-refractivity contribution is 0.440. The van der Waals surface area contributed by atoms with Crippen molar-refractivity contribution >= 4 is 15.9 Å². The SMILES string of the molecule is Cc1cc(-c2nc(O)c(C(C)C)c(=O)[nH]2)cc(C)c1Br. The number of halogens is 1. The molecule has 0 aliphatic carbocycles. The van der Waals surface area contributed by atoms with Crippen LogP contribution in [-0.4, -0.2) is 15.1 Å². The van der Waals surface area contributed by atoms with Crippen molar-refractivity contribution in [2.45, 2.75) is 33.6 Å². The van der Waals surface area contributed by atoms with E-state index in [9.17, 15) is 9.90 Å². The molecule has 0 unspecified atom stereocenters. The van der Waals surface area contributed by atoms with Gasteiger partial charge in [-0.3, -0.25) is 4.79 Å². The largest absolute Gasteiger partial charge is 0.493 e. The molecule has 20 heavy (non-hydrogen) atoms. The van der Waals surface area contributed by atoms with Gasteiger partial charge >= 0.3 is 0 Å². The Kier molecular flexibility index (Phi) is 3.99. The monoisotopic (exact) mass is 336 g/mol.